The summed E-state index contributed by atoms with van der Waals surface area (Å²) in [4.78, 5) is 4.37. The summed E-state index contributed by atoms with van der Waals surface area (Å²) in [5.74, 6) is 2.10. The highest BCUT2D eigenvalue weighted by Crippen LogP contribution is 2.25. The van der Waals surface area contributed by atoms with Crippen molar-refractivity contribution in [2.45, 2.75) is 6.04 Å². The molecule has 0 aliphatic heterocycles. The summed E-state index contributed by atoms with van der Waals surface area (Å²) in [6.45, 7) is 0.539. The molecule has 1 unspecified atom stereocenters. The van der Waals surface area contributed by atoms with E-state index in [1.54, 1.807) is 20.4 Å². The van der Waals surface area contributed by atoms with Gasteiger partial charge >= 0.3 is 0 Å². The van der Waals surface area contributed by atoms with Crippen molar-refractivity contribution in [2.75, 3.05) is 32.0 Å². The molecule has 5 heteroatoms. The van der Waals surface area contributed by atoms with E-state index >= 15 is 0 Å². The predicted molar refractivity (Wildman–Crippen MR) is 78.3 cm³/mol. The summed E-state index contributed by atoms with van der Waals surface area (Å²) in [5.41, 5.74) is 0. The van der Waals surface area contributed by atoms with Crippen LogP contribution in [0.4, 0.5) is 5.82 Å². The first-order chi connectivity index (χ1) is 9.28. The first kappa shape index (κ1) is 13.9. The van der Waals surface area contributed by atoms with Crippen LogP contribution in [0.1, 0.15) is 0 Å². The minimum absolute atomic E-state index is 0.0341. The maximum Gasteiger partial charge on any atom is 0.134 e. The second-order valence-corrected chi connectivity index (χ2v) is 4.51. The van der Waals surface area contributed by atoms with Crippen LogP contribution in [0.5, 0.6) is 5.75 Å². The second kappa shape index (κ2) is 6.59. The number of nitrogens with one attached hydrogen (secondary N) is 1. The van der Waals surface area contributed by atoms with Gasteiger partial charge in [-0.05, 0) is 29.7 Å². The zero-order valence-corrected chi connectivity index (χ0v) is 11.8. The van der Waals surface area contributed by atoms with Crippen LogP contribution in [0.2, 0.25) is 0 Å². The molecule has 0 spiro atoms. The SMILES string of the molecule is COCC(CCl)Nc1nccc2cc(OC)ccc12. The van der Waals surface area contributed by atoms with Crippen LogP contribution in [-0.4, -0.2) is 37.7 Å². The zero-order valence-electron chi connectivity index (χ0n) is 11.0. The lowest BCUT2D eigenvalue weighted by Crippen LogP contribution is -2.27. The van der Waals surface area contributed by atoms with Crippen LogP contribution in [-0.2, 0) is 4.74 Å². The van der Waals surface area contributed by atoms with Gasteiger partial charge in [0.2, 0.25) is 0 Å². The average molecular weight is 281 g/mol. The van der Waals surface area contributed by atoms with Gasteiger partial charge in [0.25, 0.3) is 0 Å². The molecule has 19 heavy (non-hydrogen) atoms. The van der Waals surface area contributed by atoms with Gasteiger partial charge in [0.05, 0.1) is 19.8 Å². The van der Waals surface area contributed by atoms with Crippen molar-refractivity contribution in [3.05, 3.63) is 30.5 Å². The number of halogens is 1. The zero-order chi connectivity index (χ0) is 13.7. The fourth-order valence-electron chi connectivity index (χ4n) is 1.92. The number of alkyl halides is 1. The minimum Gasteiger partial charge on any atom is -0.497 e. The number of rotatable bonds is 6. The number of pyridine rings is 1. The fourth-order valence-corrected chi connectivity index (χ4v) is 2.08. The van der Waals surface area contributed by atoms with Gasteiger partial charge in [0, 0.05) is 24.6 Å². The molecule has 1 N–H and O–H groups in total. The Labute approximate surface area is 117 Å². The number of anilines is 1. The molecule has 1 aromatic heterocycles. The van der Waals surface area contributed by atoms with E-state index in [2.05, 4.69) is 10.3 Å². The number of hydrogen-bond acceptors (Lipinski definition) is 4. The Morgan fingerprint density at radius 3 is 2.84 bits per heavy atom. The number of aromatic nitrogens is 1. The predicted octanol–water partition coefficient (Wildman–Crippen LogP) is 2.91. The molecule has 0 aliphatic carbocycles. The summed E-state index contributed by atoms with van der Waals surface area (Å²) < 4.78 is 10.3. The van der Waals surface area contributed by atoms with Gasteiger partial charge in [-0.2, -0.15) is 0 Å². The molecule has 0 saturated carbocycles. The Morgan fingerprint density at radius 1 is 1.32 bits per heavy atom. The van der Waals surface area contributed by atoms with E-state index in [1.165, 1.54) is 0 Å². The summed E-state index contributed by atoms with van der Waals surface area (Å²) in [6.07, 6.45) is 1.77. The van der Waals surface area contributed by atoms with E-state index in [0.29, 0.717) is 12.5 Å². The molecule has 0 amide bonds. The summed E-state index contributed by atoms with van der Waals surface area (Å²) in [7, 11) is 3.31. The van der Waals surface area contributed by atoms with Crippen LogP contribution in [0, 0.1) is 0 Å². The fraction of sp³-hybridized carbons (Fsp3) is 0.357. The normalized spacial score (nSPS) is 12.4. The Bertz CT molecular complexity index is 548. The van der Waals surface area contributed by atoms with E-state index in [1.807, 2.05) is 24.3 Å². The lowest BCUT2D eigenvalue weighted by molar-refractivity contribution is 0.191. The molecule has 1 atom stereocenters. The van der Waals surface area contributed by atoms with Crippen LogP contribution < -0.4 is 10.1 Å². The van der Waals surface area contributed by atoms with E-state index in [0.717, 1.165) is 22.3 Å². The van der Waals surface area contributed by atoms with Crippen molar-refractivity contribution in [1.82, 2.24) is 4.98 Å². The monoisotopic (exact) mass is 280 g/mol. The Balaban J connectivity index is 2.32. The van der Waals surface area contributed by atoms with Gasteiger partial charge in [0.15, 0.2) is 0 Å². The molecule has 0 saturated heterocycles. The Kier molecular flexibility index (Phi) is 4.82. The van der Waals surface area contributed by atoms with Crippen LogP contribution in [0.15, 0.2) is 30.5 Å². The van der Waals surface area contributed by atoms with Crippen molar-refractivity contribution in [1.29, 1.82) is 0 Å². The molecule has 2 rings (SSSR count). The largest absolute Gasteiger partial charge is 0.497 e. The quantitative estimate of drug-likeness (QED) is 0.827. The molecular weight excluding hydrogens is 264 g/mol. The molecule has 1 heterocycles. The molecule has 0 fully saturated rings. The van der Waals surface area contributed by atoms with Gasteiger partial charge in [-0.3, -0.25) is 0 Å². The third-order valence-electron chi connectivity index (χ3n) is 2.87. The third kappa shape index (κ3) is 3.28. The second-order valence-electron chi connectivity index (χ2n) is 4.20. The number of fused-ring (bicyclic) bond motifs is 1. The number of benzene rings is 1. The minimum atomic E-state index is 0.0341. The van der Waals surface area contributed by atoms with E-state index in [4.69, 9.17) is 21.1 Å². The maximum atomic E-state index is 5.90. The highest BCUT2D eigenvalue weighted by Gasteiger charge is 2.10. The van der Waals surface area contributed by atoms with Gasteiger partial charge in [-0.15, -0.1) is 11.6 Å². The topological polar surface area (TPSA) is 43.4 Å². The summed E-state index contributed by atoms with van der Waals surface area (Å²) in [6, 6.07) is 7.87. The number of methoxy groups -OCH3 is 2. The van der Waals surface area contributed by atoms with Crippen molar-refractivity contribution in [2.24, 2.45) is 0 Å². The lowest BCUT2D eigenvalue weighted by atomic mass is 10.1. The van der Waals surface area contributed by atoms with E-state index < -0.39 is 0 Å². The van der Waals surface area contributed by atoms with Crippen LogP contribution in [0.3, 0.4) is 0 Å². The number of nitrogens with zero attached hydrogens (tertiary/aromatic N) is 1. The molecule has 102 valence electrons. The smallest absolute Gasteiger partial charge is 0.134 e. The van der Waals surface area contributed by atoms with Gasteiger partial charge < -0.3 is 14.8 Å². The van der Waals surface area contributed by atoms with Crippen LogP contribution in [0.25, 0.3) is 10.8 Å². The summed E-state index contributed by atoms with van der Waals surface area (Å²) >= 11 is 5.90. The van der Waals surface area contributed by atoms with Gasteiger partial charge in [-0.1, -0.05) is 0 Å². The standard InChI is InChI=1S/C14H17ClN2O2/c1-18-9-11(8-15)17-14-13-4-3-12(19-2)7-10(13)5-6-16-14/h3-7,11H,8-9H2,1-2H3,(H,16,17). The average Bonchev–Trinajstić information content (AvgIpc) is 2.46. The van der Waals surface area contributed by atoms with Crippen molar-refractivity contribution >= 4 is 28.2 Å². The molecule has 0 aliphatic rings. The van der Waals surface area contributed by atoms with Gasteiger partial charge in [0.1, 0.15) is 11.6 Å². The Morgan fingerprint density at radius 2 is 2.16 bits per heavy atom. The van der Waals surface area contributed by atoms with Crippen molar-refractivity contribution in [3.8, 4) is 5.75 Å². The molecule has 4 nitrogen and oxygen atoms in total. The van der Waals surface area contributed by atoms with E-state index in [-0.39, 0.29) is 6.04 Å². The third-order valence-corrected chi connectivity index (χ3v) is 3.24. The number of hydrogen-bond donors (Lipinski definition) is 1. The van der Waals surface area contributed by atoms with Gasteiger partial charge in [-0.25, -0.2) is 4.98 Å². The van der Waals surface area contributed by atoms with Crippen LogP contribution >= 0.6 is 11.6 Å². The number of ether oxygens (including phenoxy) is 2. The van der Waals surface area contributed by atoms with Crippen molar-refractivity contribution < 1.29 is 9.47 Å². The highest BCUT2D eigenvalue weighted by molar-refractivity contribution is 6.18. The first-order valence-corrected chi connectivity index (χ1v) is 6.56. The highest BCUT2D eigenvalue weighted by atomic mass is 35.5. The molecular formula is C14H17ClN2O2. The van der Waals surface area contributed by atoms with Crippen molar-refractivity contribution in [3.63, 3.8) is 0 Å². The molecule has 2 aromatic rings. The Hall–Kier alpha value is -1.52. The molecule has 0 radical (unpaired) electrons. The van der Waals surface area contributed by atoms with E-state index in [9.17, 15) is 0 Å². The first-order valence-electron chi connectivity index (χ1n) is 6.02. The summed E-state index contributed by atoms with van der Waals surface area (Å²) in [5, 5.41) is 5.41. The maximum absolute atomic E-state index is 5.90. The molecule has 0 bridgehead atoms. The lowest BCUT2D eigenvalue weighted by Gasteiger charge is -2.17. The molecule has 1 aromatic carbocycles.